The van der Waals surface area contributed by atoms with Crippen LogP contribution in [0.3, 0.4) is 0 Å². The molecular formula is C76H124O8. The number of carbonyl (C=O) groups excluding carboxylic acids is 2. The molecule has 476 valence electrons. The number of aliphatic hydroxyl groups is 4. The largest absolute Gasteiger partial charge is 0.462 e. The van der Waals surface area contributed by atoms with E-state index in [1.165, 1.54) is 122 Å². The highest BCUT2D eigenvalue weighted by Crippen LogP contribution is 2.52. The van der Waals surface area contributed by atoms with Gasteiger partial charge in [-0.05, 0) is 131 Å². The van der Waals surface area contributed by atoms with Gasteiger partial charge in [0.1, 0.15) is 23.4 Å². The summed E-state index contributed by atoms with van der Waals surface area (Å²) in [7, 11) is 0. The van der Waals surface area contributed by atoms with Gasteiger partial charge in [-0.15, -0.1) is 0 Å². The molecule has 2 saturated carbocycles. The van der Waals surface area contributed by atoms with Crippen molar-refractivity contribution in [2.75, 3.05) is 0 Å². The summed E-state index contributed by atoms with van der Waals surface area (Å²) in [6.45, 7) is 23.5. The van der Waals surface area contributed by atoms with Gasteiger partial charge in [-0.25, -0.2) is 0 Å². The van der Waals surface area contributed by atoms with Crippen LogP contribution in [0.5, 0.6) is 0 Å². The fourth-order valence-corrected chi connectivity index (χ4v) is 12.2. The number of rotatable bonds is 42. The van der Waals surface area contributed by atoms with Crippen molar-refractivity contribution in [3.05, 3.63) is 132 Å². The molecule has 0 radical (unpaired) electrons. The average Bonchev–Trinajstić information content (AvgIpc) is 0.827. The van der Waals surface area contributed by atoms with Gasteiger partial charge < -0.3 is 29.9 Å². The molecule has 6 atom stereocenters. The van der Waals surface area contributed by atoms with Crippen LogP contribution < -0.4 is 0 Å². The first-order valence-corrected chi connectivity index (χ1v) is 33.5. The first-order valence-electron chi connectivity index (χ1n) is 33.5. The summed E-state index contributed by atoms with van der Waals surface area (Å²) < 4.78 is 11.8. The van der Waals surface area contributed by atoms with Crippen LogP contribution in [0.4, 0.5) is 0 Å². The lowest BCUT2D eigenvalue weighted by Gasteiger charge is -2.55. The van der Waals surface area contributed by atoms with E-state index >= 15 is 0 Å². The topological polar surface area (TPSA) is 134 Å². The second-order valence-corrected chi connectivity index (χ2v) is 27.0. The summed E-state index contributed by atoms with van der Waals surface area (Å²) in [5, 5.41) is 47.4. The maximum atomic E-state index is 12.9. The van der Waals surface area contributed by atoms with Crippen LogP contribution in [0.1, 0.15) is 289 Å². The van der Waals surface area contributed by atoms with Gasteiger partial charge in [0.25, 0.3) is 0 Å². The van der Waals surface area contributed by atoms with Crippen LogP contribution in [-0.2, 0) is 19.1 Å². The zero-order valence-electron chi connectivity index (χ0n) is 55.6. The Morgan fingerprint density at radius 2 is 0.655 bits per heavy atom. The SMILES string of the molecule is CCCCCC/C=C\CCCCCCCC(=O)O[C@H]1CC(C)(C)[C@](O)(/C=C/C(C)=C/C=C/C(C)=C/C=C/C=C(C)/C=C/C=C(C)/C=C/[C@@]2(O)C(C)(C)C[C@H](OC(=O)CCCCCCCCC/C=C\CCCCCCCC)C[C@@]2(C)O)[C@](C)(O)C1. The lowest BCUT2D eigenvalue weighted by Crippen LogP contribution is -2.65. The van der Waals surface area contributed by atoms with Crippen molar-refractivity contribution in [3.8, 4) is 0 Å². The Morgan fingerprint density at radius 3 is 0.976 bits per heavy atom. The molecule has 0 aromatic heterocycles. The Morgan fingerprint density at radius 1 is 0.381 bits per heavy atom. The maximum Gasteiger partial charge on any atom is 0.306 e. The molecule has 2 fully saturated rings. The van der Waals surface area contributed by atoms with Gasteiger partial charge in [0.05, 0.1) is 11.2 Å². The quantitative estimate of drug-likeness (QED) is 0.0206. The van der Waals surface area contributed by atoms with Crippen LogP contribution >= 0.6 is 0 Å². The third-order valence-electron chi connectivity index (χ3n) is 17.8. The molecule has 4 N–H and O–H groups in total. The van der Waals surface area contributed by atoms with E-state index in [0.717, 1.165) is 67.2 Å². The van der Waals surface area contributed by atoms with E-state index in [9.17, 15) is 30.0 Å². The molecule has 2 aliphatic rings. The molecule has 0 heterocycles. The number of hydrogen-bond donors (Lipinski definition) is 4. The Labute approximate surface area is 514 Å². The third-order valence-corrected chi connectivity index (χ3v) is 17.8. The zero-order valence-corrected chi connectivity index (χ0v) is 55.6. The highest BCUT2D eigenvalue weighted by molar-refractivity contribution is 5.70. The van der Waals surface area contributed by atoms with E-state index in [0.29, 0.717) is 25.7 Å². The van der Waals surface area contributed by atoms with Gasteiger partial charge in [-0.3, -0.25) is 9.59 Å². The summed E-state index contributed by atoms with van der Waals surface area (Å²) in [4.78, 5) is 25.7. The number of carbonyl (C=O) groups is 2. The molecule has 0 bridgehead atoms. The van der Waals surface area contributed by atoms with Crippen LogP contribution in [0, 0.1) is 10.8 Å². The molecule has 8 heteroatoms. The second-order valence-electron chi connectivity index (χ2n) is 27.0. The van der Waals surface area contributed by atoms with Crippen molar-refractivity contribution >= 4 is 11.9 Å². The monoisotopic (exact) mass is 1160 g/mol. The summed E-state index contributed by atoms with van der Waals surface area (Å²) in [6.07, 6.45) is 68.8. The number of hydrogen-bond acceptors (Lipinski definition) is 8. The first-order chi connectivity index (χ1) is 39.8. The normalized spacial score (nSPS) is 25.5. The molecule has 0 amide bonds. The molecule has 2 aliphatic carbocycles. The van der Waals surface area contributed by atoms with Crippen molar-refractivity contribution in [1.82, 2.24) is 0 Å². The van der Waals surface area contributed by atoms with Gasteiger partial charge in [-0.1, -0.05) is 264 Å². The predicted molar refractivity (Wildman–Crippen MR) is 357 cm³/mol. The Hall–Kier alpha value is -4.08. The Balaban J connectivity index is 1.78. The lowest BCUT2D eigenvalue weighted by atomic mass is 9.57. The van der Waals surface area contributed by atoms with E-state index in [1.54, 1.807) is 26.0 Å². The average molecular weight is 1170 g/mol. The van der Waals surface area contributed by atoms with Gasteiger partial charge in [0.2, 0.25) is 0 Å². The minimum absolute atomic E-state index is 0.161. The standard InChI is InChI=1S/C76H124O8/c1-13-15-17-19-21-23-25-27-28-29-30-32-34-36-38-40-42-54-70(78)84-68-60-72(9,10)76(82,74(12,80)62-68)58-56-66(6)52-46-50-64(4)48-44-43-47-63(3)49-45-51-65(5)55-57-75(81)71(7,8)59-67(61-73(75,11)79)83-69(77)53-41-39-37-35-33-31-26-24-22-20-18-16-14-2/h24,26-28,43-52,55-58,67-68,79-82H,13-23,25,29-42,53-54,59-62H2,1-12H3/b26-24-,28-27-,44-43+,49-45+,50-46+,57-55+,58-56+,63-47+,64-48+,65-51+,66-52+/t67-,68-,73+,74+,75+,76+/m0/s1. The number of esters is 2. The number of ether oxygens (including phenoxy) is 2. The van der Waals surface area contributed by atoms with Crippen LogP contribution in [-0.4, -0.2) is 67.0 Å². The van der Waals surface area contributed by atoms with Crippen molar-refractivity contribution in [1.29, 1.82) is 0 Å². The van der Waals surface area contributed by atoms with E-state index in [-0.39, 0.29) is 24.8 Å². The fourth-order valence-electron chi connectivity index (χ4n) is 12.2. The van der Waals surface area contributed by atoms with E-state index < -0.39 is 45.4 Å². The van der Waals surface area contributed by atoms with Crippen molar-refractivity contribution in [3.63, 3.8) is 0 Å². The Bertz CT molecular complexity index is 2180. The lowest BCUT2D eigenvalue weighted by molar-refractivity contribution is -0.223. The van der Waals surface area contributed by atoms with Crippen molar-refractivity contribution in [2.45, 2.75) is 323 Å². The highest BCUT2D eigenvalue weighted by atomic mass is 16.5. The molecule has 0 saturated heterocycles. The number of unbranched alkanes of at least 4 members (excludes halogenated alkanes) is 22. The van der Waals surface area contributed by atoms with E-state index in [1.807, 2.05) is 128 Å². The molecule has 0 aromatic rings. The maximum absolute atomic E-state index is 12.9. The van der Waals surface area contributed by atoms with Gasteiger partial charge >= 0.3 is 11.9 Å². The minimum Gasteiger partial charge on any atom is -0.462 e. The summed E-state index contributed by atoms with van der Waals surface area (Å²) >= 11 is 0. The molecule has 8 nitrogen and oxygen atoms in total. The molecule has 0 unspecified atom stereocenters. The molecule has 84 heavy (non-hydrogen) atoms. The third kappa shape index (κ3) is 29.5. The van der Waals surface area contributed by atoms with Crippen LogP contribution in [0.2, 0.25) is 0 Å². The summed E-state index contributed by atoms with van der Waals surface area (Å²) in [5.41, 5.74) is -3.64. The van der Waals surface area contributed by atoms with Gasteiger partial charge in [0, 0.05) is 36.5 Å². The summed E-state index contributed by atoms with van der Waals surface area (Å²) in [6, 6.07) is 0. The second kappa shape index (κ2) is 41.1. The van der Waals surface area contributed by atoms with Gasteiger partial charge in [0.15, 0.2) is 0 Å². The smallest absolute Gasteiger partial charge is 0.306 e. The minimum atomic E-state index is -1.53. The Kier molecular flexibility index (Phi) is 37.2. The van der Waals surface area contributed by atoms with E-state index in [2.05, 4.69) is 38.2 Å². The van der Waals surface area contributed by atoms with Crippen LogP contribution in [0.15, 0.2) is 132 Å². The van der Waals surface area contributed by atoms with Crippen LogP contribution in [0.25, 0.3) is 0 Å². The predicted octanol–water partition coefficient (Wildman–Crippen LogP) is 20.1. The van der Waals surface area contributed by atoms with E-state index in [4.69, 9.17) is 9.47 Å². The molecule has 0 aliphatic heterocycles. The highest BCUT2D eigenvalue weighted by Gasteiger charge is 2.60. The fraction of sp³-hybridized carbons (Fsp3) is 0.684. The van der Waals surface area contributed by atoms with Crippen molar-refractivity contribution < 1.29 is 39.5 Å². The van der Waals surface area contributed by atoms with Gasteiger partial charge in [-0.2, -0.15) is 0 Å². The summed E-state index contributed by atoms with van der Waals surface area (Å²) in [5.74, 6) is -0.451. The molecule has 0 aromatic carbocycles. The zero-order chi connectivity index (χ0) is 62.4. The molecule has 0 spiro atoms. The first kappa shape index (κ1) is 76.0. The molecular weight excluding hydrogens is 1040 g/mol. The molecule has 2 rings (SSSR count). The number of allylic oxidation sites excluding steroid dienone is 20. The van der Waals surface area contributed by atoms with Crippen molar-refractivity contribution in [2.24, 2.45) is 10.8 Å².